The molecule has 1 N–H and O–H groups in total. The van der Waals surface area contributed by atoms with E-state index in [2.05, 4.69) is 53.8 Å². The summed E-state index contributed by atoms with van der Waals surface area (Å²) in [5.74, 6) is 0.904. The maximum absolute atomic E-state index is 6.21. The highest BCUT2D eigenvalue weighted by atomic mass is 16.5. The highest BCUT2D eigenvalue weighted by molar-refractivity contribution is 5.56. The van der Waals surface area contributed by atoms with Gasteiger partial charge in [-0.25, -0.2) is 0 Å². The summed E-state index contributed by atoms with van der Waals surface area (Å²) in [6.07, 6.45) is 1.43. The first-order chi connectivity index (χ1) is 10.4. The Hall–Kier alpha value is -1.64. The number of ether oxygens (including phenoxy) is 1. The standard InChI is InChI=1S/C19H21NO/c1-20-10-11-21-18-12-17-13-6-2-4-8-15(13)19(18)16-9-5-3-7-14(16)17/h2-9,17-20H,10-12H2,1H3/t17?,18-,19?/m0/s1. The molecule has 3 aliphatic carbocycles. The Bertz CT molecular complexity index is 604. The molecule has 0 fully saturated rings. The van der Waals surface area contributed by atoms with E-state index in [0.717, 1.165) is 19.6 Å². The minimum absolute atomic E-state index is 0.313. The Morgan fingerprint density at radius 2 is 1.52 bits per heavy atom. The lowest BCUT2D eigenvalue weighted by Gasteiger charge is -2.45. The van der Waals surface area contributed by atoms with Gasteiger partial charge in [-0.1, -0.05) is 48.5 Å². The van der Waals surface area contributed by atoms with Crippen LogP contribution >= 0.6 is 0 Å². The first-order valence-electron chi connectivity index (χ1n) is 7.84. The fraction of sp³-hybridized carbons (Fsp3) is 0.368. The molecule has 5 rings (SSSR count). The summed E-state index contributed by atoms with van der Waals surface area (Å²) in [5, 5.41) is 3.16. The van der Waals surface area contributed by atoms with Gasteiger partial charge in [-0.15, -0.1) is 0 Å². The fourth-order valence-corrected chi connectivity index (χ4v) is 4.06. The van der Waals surface area contributed by atoms with E-state index in [0.29, 0.717) is 17.9 Å². The van der Waals surface area contributed by atoms with Gasteiger partial charge in [0.05, 0.1) is 12.7 Å². The molecule has 0 radical (unpaired) electrons. The number of fused-ring (bicyclic) bond motifs is 1. The SMILES string of the molecule is CNCCO[C@H]1CC2c3ccccc3C1c1ccccc12. The molecule has 3 aliphatic rings. The third kappa shape index (κ3) is 2.02. The molecule has 0 saturated heterocycles. The molecule has 2 heteroatoms. The van der Waals surface area contributed by atoms with Gasteiger partial charge in [0, 0.05) is 18.4 Å². The molecule has 108 valence electrons. The Morgan fingerprint density at radius 1 is 0.952 bits per heavy atom. The third-order valence-corrected chi connectivity index (χ3v) is 4.94. The van der Waals surface area contributed by atoms with Crippen LogP contribution in [0.15, 0.2) is 48.5 Å². The van der Waals surface area contributed by atoms with Crippen LogP contribution in [0.2, 0.25) is 0 Å². The highest BCUT2D eigenvalue weighted by Gasteiger charge is 2.43. The van der Waals surface area contributed by atoms with E-state index in [1.807, 2.05) is 7.05 Å². The van der Waals surface area contributed by atoms with Gasteiger partial charge in [-0.05, 0) is 35.7 Å². The monoisotopic (exact) mass is 279 g/mol. The molecule has 0 aliphatic heterocycles. The molecular formula is C19H21NO. The summed E-state index contributed by atoms with van der Waals surface area (Å²) >= 11 is 0. The predicted molar refractivity (Wildman–Crippen MR) is 84.9 cm³/mol. The van der Waals surface area contributed by atoms with Crippen molar-refractivity contribution in [2.75, 3.05) is 20.2 Å². The molecule has 1 atom stereocenters. The summed E-state index contributed by atoms with van der Waals surface area (Å²) in [6, 6.07) is 17.8. The van der Waals surface area contributed by atoms with E-state index in [1.165, 1.54) is 22.3 Å². The molecule has 2 aromatic rings. The zero-order valence-corrected chi connectivity index (χ0v) is 12.4. The van der Waals surface area contributed by atoms with Crippen LogP contribution in [0.5, 0.6) is 0 Å². The molecule has 0 aromatic heterocycles. The number of hydrogen-bond acceptors (Lipinski definition) is 2. The maximum atomic E-state index is 6.21. The molecule has 0 heterocycles. The first-order valence-corrected chi connectivity index (χ1v) is 7.84. The van der Waals surface area contributed by atoms with Crippen LogP contribution in [-0.2, 0) is 4.74 Å². The van der Waals surface area contributed by atoms with Crippen molar-refractivity contribution in [3.8, 4) is 0 Å². The summed E-state index contributed by atoms with van der Waals surface area (Å²) in [6.45, 7) is 1.70. The van der Waals surface area contributed by atoms with Gasteiger partial charge in [-0.3, -0.25) is 0 Å². The average Bonchev–Trinajstić information content (AvgIpc) is 2.55. The zero-order chi connectivity index (χ0) is 14.2. The highest BCUT2D eigenvalue weighted by Crippen LogP contribution is 2.53. The number of benzene rings is 2. The van der Waals surface area contributed by atoms with Crippen molar-refractivity contribution in [3.63, 3.8) is 0 Å². The number of likely N-dealkylation sites (N-methyl/N-ethyl adjacent to an activating group) is 1. The summed E-state index contributed by atoms with van der Waals surface area (Å²) < 4.78 is 6.21. The van der Waals surface area contributed by atoms with Crippen LogP contribution in [0, 0.1) is 0 Å². The minimum Gasteiger partial charge on any atom is -0.376 e. The van der Waals surface area contributed by atoms with Crippen LogP contribution < -0.4 is 5.32 Å². The van der Waals surface area contributed by atoms with E-state index in [9.17, 15) is 0 Å². The van der Waals surface area contributed by atoms with E-state index >= 15 is 0 Å². The Kier molecular flexibility index (Phi) is 3.28. The second-order valence-electron chi connectivity index (χ2n) is 6.04. The Morgan fingerprint density at radius 3 is 2.10 bits per heavy atom. The van der Waals surface area contributed by atoms with E-state index in [1.54, 1.807) is 0 Å². The van der Waals surface area contributed by atoms with Gasteiger partial charge in [-0.2, -0.15) is 0 Å². The molecular weight excluding hydrogens is 258 g/mol. The van der Waals surface area contributed by atoms with Crippen LogP contribution in [0.1, 0.15) is 40.5 Å². The van der Waals surface area contributed by atoms with Crippen molar-refractivity contribution < 1.29 is 4.74 Å². The predicted octanol–water partition coefficient (Wildman–Crippen LogP) is 3.27. The summed E-state index contributed by atoms with van der Waals surface area (Å²) in [4.78, 5) is 0. The number of rotatable bonds is 4. The van der Waals surface area contributed by atoms with Crippen molar-refractivity contribution in [2.45, 2.75) is 24.4 Å². The Labute approximate surface area is 126 Å². The second kappa shape index (κ2) is 5.28. The molecule has 2 bridgehead atoms. The van der Waals surface area contributed by atoms with Gasteiger partial charge in [0.15, 0.2) is 0 Å². The van der Waals surface area contributed by atoms with Crippen molar-refractivity contribution in [2.24, 2.45) is 0 Å². The van der Waals surface area contributed by atoms with Crippen molar-refractivity contribution in [1.82, 2.24) is 5.32 Å². The maximum Gasteiger partial charge on any atom is 0.0694 e. The summed E-state index contributed by atoms with van der Waals surface area (Å²) in [7, 11) is 1.97. The van der Waals surface area contributed by atoms with Crippen LogP contribution in [0.4, 0.5) is 0 Å². The molecule has 2 aromatic carbocycles. The molecule has 0 saturated carbocycles. The van der Waals surface area contributed by atoms with E-state index in [-0.39, 0.29) is 0 Å². The zero-order valence-electron chi connectivity index (χ0n) is 12.4. The minimum atomic E-state index is 0.313. The molecule has 2 nitrogen and oxygen atoms in total. The van der Waals surface area contributed by atoms with Gasteiger partial charge in [0.2, 0.25) is 0 Å². The average molecular weight is 279 g/mol. The largest absolute Gasteiger partial charge is 0.376 e. The lowest BCUT2D eigenvalue weighted by atomic mass is 9.62. The van der Waals surface area contributed by atoms with Crippen LogP contribution in [0.25, 0.3) is 0 Å². The molecule has 0 amide bonds. The number of hydrogen-bond donors (Lipinski definition) is 1. The third-order valence-electron chi connectivity index (χ3n) is 4.94. The fourth-order valence-electron chi connectivity index (χ4n) is 4.06. The quantitative estimate of drug-likeness (QED) is 0.867. The second-order valence-corrected chi connectivity index (χ2v) is 6.04. The summed E-state index contributed by atoms with van der Waals surface area (Å²) in [5.41, 5.74) is 5.97. The lowest BCUT2D eigenvalue weighted by molar-refractivity contribution is 0.0260. The van der Waals surface area contributed by atoms with Crippen molar-refractivity contribution >= 4 is 0 Å². The van der Waals surface area contributed by atoms with E-state index < -0.39 is 0 Å². The lowest BCUT2D eigenvalue weighted by Crippen LogP contribution is -2.38. The van der Waals surface area contributed by atoms with Crippen molar-refractivity contribution in [3.05, 3.63) is 70.8 Å². The van der Waals surface area contributed by atoms with Gasteiger partial charge < -0.3 is 10.1 Å². The van der Waals surface area contributed by atoms with E-state index in [4.69, 9.17) is 4.74 Å². The van der Waals surface area contributed by atoms with Gasteiger partial charge >= 0.3 is 0 Å². The number of nitrogens with one attached hydrogen (secondary N) is 1. The van der Waals surface area contributed by atoms with Gasteiger partial charge in [0.1, 0.15) is 0 Å². The molecule has 0 unspecified atom stereocenters. The smallest absolute Gasteiger partial charge is 0.0694 e. The molecule has 0 spiro atoms. The topological polar surface area (TPSA) is 21.3 Å². The van der Waals surface area contributed by atoms with Crippen LogP contribution in [-0.4, -0.2) is 26.3 Å². The van der Waals surface area contributed by atoms with Crippen molar-refractivity contribution in [1.29, 1.82) is 0 Å². The Balaban J connectivity index is 1.76. The normalized spacial score (nSPS) is 25.5. The molecule has 21 heavy (non-hydrogen) atoms. The van der Waals surface area contributed by atoms with Crippen LogP contribution in [0.3, 0.4) is 0 Å². The van der Waals surface area contributed by atoms with Gasteiger partial charge in [0.25, 0.3) is 0 Å². The first kappa shape index (κ1) is 13.1.